The first-order chi connectivity index (χ1) is 12.8. The van der Waals surface area contributed by atoms with Crippen molar-refractivity contribution in [2.75, 3.05) is 52.4 Å². The Balaban J connectivity index is 2.07. The molecule has 1 aromatic rings. The molecule has 0 spiro atoms. The number of rotatable bonds is 8. The Labute approximate surface area is 160 Å². The van der Waals surface area contributed by atoms with Crippen LogP contribution in [0.3, 0.4) is 0 Å². The molecule has 2 rings (SSSR count). The highest BCUT2D eigenvalue weighted by Gasteiger charge is 2.28. The molecular formula is C20H29N3O4. The molecule has 2 amide bonds. The minimum absolute atomic E-state index is 0.0374. The molecule has 1 aromatic carbocycles. The molecule has 0 saturated carbocycles. The second-order valence-electron chi connectivity index (χ2n) is 6.92. The van der Waals surface area contributed by atoms with Crippen LogP contribution in [0.15, 0.2) is 30.4 Å². The number of likely N-dealkylation sites (N-methyl/N-ethyl adjacent to an activating group) is 2. The summed E-state index contributed by atoms with van der Waals surface area (Å²) >= 11 is 0. The minimum Gasteiger partial charge on any atom is -0.489 e. The highest BCUT2D eigenvalue weighted by molar-refractivity contribution is 5.95. The second kappa shape index (κ2) is 9.41. The molecule has 0 saturated heterocycles. The summed E-state index contributed by atoms with van der Waals surface area (Å²) in [6.07, 6.45) is 0.337. The molecule has 0 bridgehead atoms. The van der Waals surface area contributed by atoms with E-state index in [1.807, 2.05) is 18.9 Å². The Morgan fingerprint density at radius 3 is 2.85 bits per heavy atom. The molecule has 1 heterocycles. The molecule has 1 N–H and O–H groups in total. The first kappa shape index (κ1) is 20.8. The zero-order valence-corrected chi connectivity index (χ0v) is 16.6. The van der Waals surface area contributed by atoms with E-state index in [1.54, 1.807) is 37.3 Å². The van der Waals surface area contributed by atoms with Crippen molar-refractivity contribution >= 4 is 17.5 Å². The van der Waals surface area contributed by atoms with Gasteiger partial charge in [0.15, 0.2) is 0 Å². The summed E-state index contributed by atoms with van der Waals surface area (Å²) in [5.41, 5.74) is 2.29. The van der Waals surface area contributed by atoms with Crippen molar-refractivity contribution in [2.24, 2.45) is 0 Å². The Morgan fingerprint density at radius 1 is 1.44 bits per heavy atom. The maximum Gasteiger partial charge on any atom is 0.251 e. The summed E-state index contributed by atoms with van der Waals surface area (Å²) in [6.45, 7) is 7.62. The van der Waals surface area contributed by atoms with Crippen LogP contribution in [0.5, 0.6) is 5.75 Å². The molecule has 1 atom stereocenters. The number of amides is 2. The zero-order valence-electron chi connectivity index (χ0n) is 16.6. The quantitative estimate of drug-likeness (QED) is 0.553. The van der Waals surface area contributed by atoms with E-state index >= 15 is 0 Å². The van der Waals surface area contributed by atoms with E-state index in [4.69, 9.17) is 9.47 Å². The molecule has 0 radical (unpaired) electrons. The highest BCUT2D eigenvalue weighted by Crippen LogP contribution is 2.34. The van der Waals surface area contributed by atoms with Crippen molar-refractivity contribution in [1.82, 2.24) is 10.2 Å². The fourth-order valence-corrected chi connectivity index (χ4v) is 2.97. The molecule has 7 nitrogen and oxygen atoms in total. The average Bonchev–Trinajstić information content (AvgIpc) is 2.63. The van der Waals surface area contributed by atoms with Crippen molar-refractivity contribution in [2.45, 2.75) is 19.4 Å². The maximum atomic E-state index is 12.5. The van der Waals surface area contributed by atoms with Crippen LogP contribution in [0.2, 0.25) is 0 Å². The molecule has 0 fully saturated rings. The fourth-order valence-electron chi connectivity index (χ4n) is 2.97. The van der Waals surface area contributed by atoms with Gasteiger partial charge in [0.05, 0.1) is 24.8 Å². The molecule has 0 aliphatic carbocycles. The summed E-state index contributed by atoms with van der Waals surface area (Å²) < 4.78 is 10.8. The first-order valence-electron chi connectivity index (χ1n) is 8.98. The first-order valence-corrected chi connectivity index (χ1v) is 8.98. The summed E-state index contributed by atoms with van der Waals surface area (Å²) in [7, 11) is 5.29. The summed E-state index contributed by atoms with van der Waals surface area (Å²) in [4.78, 5) is 28.4. The van der Waals surface area contributed by atoms with Crippen molar-refractivity contribution in [3.8, 4) is 5.75 Å². The van der Waals surface area contributed by atoms with Gasteiger partial charge < -0.3 is 24.6 Å². The lowest BCUT2D eigenvalue weighted by molar-refractivity contribution is -0.130. The van der Waals surface area contributed by atoms with Gasteiger partial charge in [-0.3, -0.25) is 9.59 Å². The highest BCUT2D eigenvalue weighted by atomic mass is 16.5. The van der Waals surface area contributed by atoms with Gasteiger partial charge in [-0.1, -0.05) is 12.2 Å². The van der Waals surface area contributed by atoms with E-state index in [-0.39, 0.29) is 17.9 Å². The zero-order chi connectivity index (χ0) is 20.0. The minimum atomic E-state index is -0.164. The van der Waals surface area contributed by atoms with Crippen LogP contribution in [0.25, 0.3) is 0 Å². The molecule has 7 heteroatoms. The summed E-state index contributed by atoms with van der Waals surface area (Å²) in [6, 6.07) is 5.24. The normalized spacial score (nSPS) is 15.6. The van der Waals surface area contributed by atoms with Crippen LogP contribution in [0.4, 0.5) is 5.69 Å². The van der Waals surface area contributed by atoms with E-state index < -0.39 is 0 Å². The Hall–Kier alpha value is -2.54. The number of anilines is 1. The van der Waals surface area contributed by atoms with Gasteiger partial charge in [0.1, 0.15) is 12.4 Å². The number of fused-ring (bicyclic) bond motifs is 1. The largest absolute Gasteiger partial charge is 0.489 e. The lowest BCUT2D eigenvalue weighted by Crippen LogP contribution is -2.44. The third kappa shape index (κ3) is 5.47. The molecule has 1 aliphatic rings. The number of methoxy groups -OCH3 is 1. The number of hydrogen-bond acceptors (Lipinski definition) is 5. The van der Waals surface area contributed by atoms with Crippen LogP contribution < -0.4 is 15.0 Å². The van der Waals surface area contributed by atoms with Crippen molar-refractivity contribution in [3.05, 3.63) is 35.9 Å². The maximum absolute atomic E-state index is 12.5. The monoisotopic (exact) mass is 375 g/mol. The van der Waals surface area contributed by atoms with Crippen LogP contribution in [-0.4, -0.2) is 70.3 Å². The van der Waals surface area contributed by atoms with E-state index in [1.165, 1.54) is 0 Å². The SMILES string of the molecule is C=C(C)CN(C)C(=O)C[C@@H]1COc2ccc(C(=O)NCCOC)cc2N1C. The Bertz CT molecular complexity index is 704. The van der Waals surface area contributed by atoms with E-state index in [9.17, 15) is 9.59 Å². The van der Waals surface area contributed by atoms with Gasteiger partial charge in [-0.2, -0.15) is 0 Å². The molecular weight excluding hydrogens is 346 g/mol. The van der Waals surface area contributed by atoms with Gasteiger partial charge >= 0.3 is 0 Å². The third-order valence-corrected chi connectivity index (χ3v) is 4.51. The number of carbonyl (C=O) groups is 2. The number of hydrogen-bond donors (Lipinski definition) is 1. The average molecular weight is 375 g/mol. The molecule has 27 heavy (non-hydrogen) atoms. The lowest BCUT2D eigenvalue weighted by Gasteiger charge is -2.36. The number of benzene rings is 1. The Kier molecular flexibility index (Phi) is 7.24. The smallest absolute Gasteiger partial charge is 0.251 e. The van der Waals surface area contributed by atoms with Gasteiger partial charge in [-0.05, 0) is 25.1 Å². The third-order valence-electron chi connectivity index (χ3n) is 4.51. The van der Waals surface area contributed by atoms with Crippen LogP contribution in [0, 0.1) is 0 Å². The predicted octanol–water partition coefficient (Wildman–Crippen LogP) is 1.68. The summed E-state index contributed by atoms with van der Waals surface area (Å²) in [5.74, 6) is 0.586. The fraction of sp³-hybridized carbons (Fsp3) is 0.500. The van der Waals surface area contributed by atoms with E-state index in [0.29, 0.717) is 44.0 Å². The van der Waals surface area contributed by atoms with E-state index in [2.05, 4.69) is 11.9 Å². The van der Waals surface area contributed by atoms with Gasteiger partial charge in [-0.25, -0.2) is 0 Å². The second-order valence-corrected chi connectivity index (χ2v) is 6.92. The Morgan fingerprint density at radius 2 is 2.19 bits per heavy atom. The van der Waals surface area contributed by atoms with E-state index in [0.717, 1.165) is 11.3 Å². The molecule has 1 aliphatic heterocycles. The van der Waals surface area contributed by atoms with Gasteiger partial charge in [0.25, 0.3) is 5.91 Å². The number of nitrogens with zero attached hydrogens (tertiary/aromatic N) is 2. The van der Waals surface area contributed by atoms with Gasteiger partial charge in [0, 0.05) is 39.9 Å². The number of nitrogens with one attached hydrogen (secondary N) is 1. The van der Waals surface area contributed by atoms with Crippen LogP contribution in [-0.2, 0) is 9.53 Å². The molecule has 0 unspecified atom stereocenters. The van der Waals surface area contributed by atoms with Crippen molar-refractivity contribution < 1.29 is 19.1 Å². The molecule has 0 aromatic heterocycles. The number of ether oxygens (including phenoxy) is 2. The van der Waals surface area contributed by atoms with Gasteiger partial charge in [0.2, 0.25) is 5.91 Å². The van der Waals surface area contributed by atoms with Crippen molar-refractivity contribution in [3.63, 3.8) is 0 Å². The predicted molar refractivity (Wildman–Crippen MR) is 105 cm³/mol. The van der Waals surface area contributed by atoms with Crippen LogP contribution >= 0.6 is 0 Å². The number of carbonyl (C=O) groups excluding carboxylic acids is 2. The van der Waals surface area contributed by atoms with Crippen molar-refractivity contribution in [1.29, 1.82) is 0 Å². The van der Waals surface area contributed by atoms with Crippen LogP contribution in [0.1, 0.15) is 23.7 Å². The van der Waals surface area contributed by atoms with Gasteiger partial charge in [-0.15, -0.1) is 0 Å². The standard InChI is InChI=1S/C20H29N3O4/c1-14(2)12-22(3)19(24)11-16-13-27-18-7-6-15(10-17(18)23(16)4)20(25)21-8-9-26-5/h6-7,10,16H,1,8-9,11-13H2,2-5H3,(H,21,25)/t16-/m1/s1. The lowest BCUT2D eigenvalue weighted by atomic mass is 10.1. The molecule has 148 valence electrons. The summed E-state index contributed by atoms with van der Waals surface area (Å²) in [5, 5.41) is 2.81. The topological polar surface area (TPSA) is 71.1 Å².